The fraction of sp³-hybridized carbons (Fsp3) is 0.727. The Hall–Kier alpha value is -0.580. The third-order valence-electron chi connectivity index (χ3n) is 2.59. The molecule has 0 amide bonds. The molecule has 0 atom stereocenters. The van der Waals surface area contributed by atoms with Crippen molar-refractivity contribution in [1.82, 2.24) is 20.4 Å². The lowest BCUT2D eigenvalue weighted by Crippen LogP contribution is -2.36. The third-order valence-corrected chi connectivity index (χ3v) is 2.59. The van der Waals surface area contributed by atoms with Crippen LogP contribution in [0, 0.1) is 0 Å². The van der Waals surface area contributed by atoms with E-state index in [1.54, 1.807) is 6.20 Å². The quantitative estimate of drug-likeness (QED) is 0.720. The second-order valence-electron chi connectivity index (χ2n) is 3.98. The minimum atomic E-state index is 0. The summed E-state index contributed by atoms with van der Waals surface area (Å²) in [6.07, 6.45) is 1.78. The normalized spacial score (nSPS) is 10.8. The van der Waals surface area contributed by atoms with E-state index in [2.05, 4.69) is 41.2 Å². The van der Waals surface area contributed by atoms with Gasteiger partial charge in [0.2, 0.25) is 0 Å². The van der Waals surface area contributed by atoms with Crippen LogP contribution in [0.2, 0.25) is 0 Å². The number of likely N-dealkylation sites (N-methyl/N-ethyl adjacent to an activating group) is 1. The van der Waals surface area contributed by atoms with Crippen molar-refractivity contribution in [2.45, 2.75) is 33.4 Å². The lowest BCUT2D eigenvalue weighted by molar-refractivity contribution is 0.233. The molecule has 0 aromatic carbocycles. The van der Waals surface area contributed by atoms with E-state index < -0.39 is 0 Å². The van der Waals surface area contributed by atoms with Crippen LogP contribution in [-0.4, -0.2) is 40.8 Å². The van der Waals surface area contributed by atoms with Crippen LogP contribution in [0.4, 0.5) is 0 Å². The molecule has 1 rings (SSSR count). The van der Waals surface area contributed by atoms with Crippen LogP contribution in [0.1, 0.15) is 26.5 Å². The molecule has 0 spiro atoms. The fourth-order valence-corrected chi connectivity index (χ4v) is 1.61. The highest BCUT2D eigenvalue weighted by Crippen LogP contribution is 1.96. The van der Waals surface area contributed by atoms with E-state index in [0.29, 0.717) is 6.04 Å². The number of nitrogens with zero attached hydrogens (tertiary/aromatic N) is 2. The first kappa shape index (κ1) is 15.4. The number of H-pyrrole nitrogens is 1. The van der Waals surface area contributed by atoms with Crippen LogP contribution in [0.15, 0.2) is 12.3 Å². The summed E-state index contributed by atoms with van der Waals surface area (Å²) in [5, 5.41) is 10.2. The molecule has 0 saturated carbocycles. The Morgan fingerprint density at radius 3 is 2.75 bits per heavy atom. The molecule has 1 aromatic rings. The lowest BCUT2D eigenvalue weighted by Gasteiger charge is -2.24. The van der Waals surface area contributed by atoms with E-state index in [1.165, 1.54) is 0 Å². The maximum atomic E-state index is 3.91. The maximum Gasteiger partial charge on any atom is 0.0490 e. The van der Waals surface area contributed by atoms with Crippen molar-refractivity contribution in [3.05, 3.63) is 18.0 Å². The highest BCUT2D eigenvalue weighted by molar-refractivity contribution is 5.85. The van der Waals surface area contributed by atoms with E-state index in [9.17, 15) is 0 Å². The zero-order valence-corrected chi connectivity index (χ0v) is 11.2. The van der Waals surface area contributed by atoms with Gasteiger partial charge in [0.1, 0.15) is 0 Å². The van der Waals surface area contributed by atoms with Gasteiger partial charge in [-0.05, 0) is 26.5 Å². The maximum absolute atomic E-state index is 3.91. The molecule has 94 valence electrons. The summed E-state index contributed by atoms with van der Waals surface area (Å²) in [4.78, 5) is 2.44. The van der Waals surface area contributed by atoms with Gasteiger partial charge in [-0.2, -0.15) is 5.10 Å². The zero-order valence-electron chi connectivity index (χ0n) is 10.4. The molecule has 2 N–H and O–H groups in total. The molecule has 0 unspecified atom stereocenters. The van der Waals surface area contributed by atoms with Crippen LogP contribution in [0.5, 0.6) is 0 Å². The zero-order chi connectivity index (χ0) is 11.1. The van der Waals surface area contributed by atoms with Crippen molar-refractivity contribution in [2.75, 3.05) is 19.6 Å². The summed E-state index contributed by atoms with van der Waals surface area (Å²) in [5.74, 6) is 0. The Morgan fingerprint density at radius 2 is 2.25 bits per heavy atom. The average molecular weight is 247 g/mol. The van der Waals surface area contributed by atoms with Gasteiger partial charge >= 0.3 is 0 Å². The molecule has 4 nitrogen and oxygen atoms in total. The van der Waals surface area contributed by atoms with Gasteiger partial charge in [0.05, 0.1) is 0 Å². The Bertz CT molecular complexity index is 248. The number of hydrogen-bond acceptors (Lipinski definition) is 3. The van der Waals surface area contributed by atoms with Gasteiger partial charge in [-0.3, -0.25) is 10.00 Å². The van der Waals surface area contributed by atoms with Crippen LogP contribution in [-0.2, 0) is 6.54 Å². The first-order valence-corrected chi connectivity index (χ1v) is 5.67. The van der Waals surface area contributed by atoms with E-state index in [-0.39, 0.29) is 12.4 Å². The first-order valence-electron chi connectivity index (χ1n) is 5.67. The molecule has 1 aromatic heterocycles. The fourth-order valence-electron chi connectivity index (χ4n) is 1.61. The molecule has 0 saturated heterocycles. The van der Waals surface area contributed by atoms with E-state index in [4.69, 9.17) is 0 Å². The number of aromatic amines is 1. The number of rotatable bonds is 7. The molecule has 5 heteroatoms. The van der Waals surface area contributed by atoms with Crippen molar-refractivity contribution in [2.24, 2.45) is 0 Å². The summed E-state index contributed by atoms with van der Waals surface area (Å²) in [6.45, 7) is 10.8. The van der Waals surface area contributed by atoms with Gasteiger partial charge in [-0.15, -0.1) is 12.4 Å². The molecule has 1 heterocycles. The molecule has 0 fully saturated rings. The van der Waals surface area contributed by atoms with Crippen molar-refractivity contribution in [1.29, 1.82) is 0 Å². The summed E-state index contributed by atoms with van der Waals surface area (Å²) in [5.41, 5.74) is 1.14. The largest absolute Gasteiger partial charge is 0.310 e. The van der Waals surface area contributed by atoms with Crippen LogP contribution >= 0.6 is 12.4 Å². The second kappa shape index (κ2) is 8.56. The Labute approximate surface area is 104 Å². The summed E-state index contributed by atoms with van der Waals surface area (Å²) in [7, 11) is 0. The third kappa shape index (κ3) is 5.49. The SMILES string of the molecule is CCN(CCNCc1ccn[nH]1)C(C)C.Cl. The smallest absolute Gasteiger partial charge is 0.0490 e. The van der Waals surface area contributed by atoms with Crippen molar-refractivity contribution in [3.63, 3.8) is 0 Å². The van der Waals surface area contributed by atoms with Crippen molar-refractivity contribution >= 4 is 12.4 Å². The molecule has 0 radical (unpaired) electrons. The van der Waals surface area contributed by atoms with Gasteiger partial charge in [0.15, 0.2) is 0 Å². The Kier molecular flexibility index (Phi) is 8.25. The van der Waals surface area contributed by atoms with Gasteiger partial charge in [-0.25, -0.2) is 0 Å². The highest BCUT2D eigenvalue weighted by atomic mass is 35.5. The predicted molar refractivity (Wildman–Crippen MR) is 69.9 cm³/mol. The average Bonchev–Trinajstić information content (AvgIpc) is 2.70. The highest BCUT2D eigenvalue weighted by Gasteiger charge is 2.05. The molecule has 0 aliphatic rings. The summed E-state index contributed by atoms with van der Waals surface area (Å²) >= 11 is 0. The molecular formula is C11H23ClN4. The topological polar surface area (TPSA) is 44.0 Å². The molecular weight excluding hydrogens is 224 g/mol. The van der Waals surface area contributed by atoms with Crippen LogP contribution < -0.4 is 5.32 Å². The Balaban J connectivity index is 0.00000225. The van der Waals surface area contributed by atoms with Crippen LogP contribution in [0.3, 0.4) is 0 Å². The van der Waals surface area contributed by atoms with Gasteiger partial charge < -0.3 is 5.32 Å². The summed E-state index contributed by atoms with van der Waals surface area (Å²) < 4.78 is 0. The second-order valence-corrected chi connectivity index (χ2v) is 3.98. The summed E-state index contributed by atoms with van der Waals surface area (Å²) in [6, 6.07) is 2.62. The standard InChI is InChI=1S/C11H22N4.ClH/c1-4-15(10(2)3)8-7-12-9-11-5-6-13-14-11;/h5-6,10,12H,4,7-9H2,1-3H3,(H,13,14);1H. The minimum Gasteiger partial charge on any atom is -0.310 e. The number of halogens is 1. The van der Waals surface area contributed by atoms with Crippen LogP contribution in [0.25, 0.3) is 0 Å². The number of nitrogens with one attached hydrogen (secondary N) is 2. The van der Waals surface area contributed by atoms with E-state index in [1.807, 2.05) is 6.07 Å². The van der Waals surface area contributed by atoms with Crippen molar-refractivity contribution in [3.8, 4) is 0 Å². The van der Waals surface area contributed by atoms with Gasteiger partial charge in [0, 0.05) is 37.6 Å². The predicted octanol–water partition coefficient (Wildman–Crippen LogP) is 1.65. The molecule has 16 heavy (non-hydrogen) atoms. The Morgan fingerprint density at radius 1 is 1.50 bits per heavy atom. The van der Waals surface area contributed by atoms with Gasteiger partial charge in [-0.1, -0.05) is 6.92 Å². The lowest BCUT2D eigenvalue weighted by atomic mass is 10.3. The first-order chi connectivity index (χ1) is 7.24. The minimum absolute atomic E-state index is 0. The van der Waals surface area contributed by atoms with Crippen molar-refractivity contribution < 1.29 is 0 Å². The monoisotopic (exact) mass is 246 g/mol. The molecule has 0 aliphatic carbocycles. The van der Waals surface area contributed by atoms with Gasteiger partial charge in [0.25, 0.3) is 0 Å². The molecule has 0 aliphatic heterocycles. The van der Waals surface area contributed by atoms with E-state index >= 15 is 0 Å². The number of aromatic nitrogens is 2. The number of hydrogen-bond donors (Lipinski definition) is 2. The van der Waals surface area contributed by atoms with E-state index in [0.717, 1.165) is 31.9 Å². The molecule has 0 bridgehead atoms.